The number of morpholine rings is 1. The van der Waals surface area contributed by atoms with Gasteiger partial charge in [0.2, 0.25) is 5.91 Å². The Balaban J connectivity index is 0.000000503. The first kappa shape index (κ1) is 44.5. The van der Waals surface area contributed by atoms with Gasteiger partial charge in [-0.2, -0.15) is 34.8 Å². The van der Waals surface area contributed by atoms with Gasteiger partial charge in [0.1, 0.15) is 11.6 Å². The number of hydrogen-bond donors (Lipinski definition) is 2. The van der Waals surface area contributed by atoms with Crippen LogP contribution in [0.5, 0.6) is 0 Å². The van der Waals surface area contributed by atoms with Crippen LogP contribution in [0.15, 0.2) is 77.8 Å². The first-order valence-electron chi connectivity index (χ1n) is 18.0. The van der Waals surface area contributed by atoms with Crippen molar-refractivity contribution >= 4 is 27.5 Å². The van der Waals surface area contributed by atoms with E-state index in [1.54, 1.807) is 25.1 Å². The van der Waals surface area contributed by atoms with Gasteiger partial charge in [-0.15, -0.1) is 0 Å². The Morgan fingerprint density at radius 1 is 0.897 bits per heavy atom. The number of aryl methyl sites for hydroxylation is 2. The maximum Gasteiger partial charge on any atom is 0.416 e. The highest BCUT2D eigenvalue weighted by molar-refractivity contribution is 7.85. The van der Waals surface area contributed by atoms with Crippen molar-refractivity contribution in [2.45, 2.75) is 62.4 Å². The monoisotopic (exact) mass is 840 g/mol. The van der Waals surface area contributed by atoms with Gasteiger partial charge in [-0.1, -0.05) is 23.8 Å². The molecule has 4 aromatic rings. The number of aromatic nitrogens is 1. The molecule has 1 aromatic heterocycles. The molecule has 1 amide bonds. The van der Waals surface area contributed by atoms with Crippen LogP contribution in [-0.2, 0) is 37.4 Å². The summed E-state index contributed by atoms with van der Waals surface area (Å²) in [5.41, 5.74) is -2.76. The summed E-state index contributed by atoms with van der Waals surface area (Å²) in [6, 6.07) is 12.6. The number of pyridine rings is 1. The Morgan fingerprint density at radius 2 is 1.50 bits per heavy atom. The second-order valence-electron chi connectivity index (χ2n) is 14.8. The fraction of sp³-hybridized carbons (Fsp3) is 0.400. The molecule has 2 aliphatic rings. The predicted octanol–water partition coefficient (Wildman–Crippen LogP) is 7.30. The highest BCUT2D eigenvalue weighted by Crippen LogP contribution is 2.42. The van der Waals surface area contributed by atoms with Crippen LogP contribution in [0.25, 0.3) is 11.1 Å². The zero-order valence-corrected chi connectivity index (χ0v) is 33.0. The number of aliphatic hydroxyl groups is 1. The van der Waals surface area contributed by atoms with E-state index in [1.807, 2.05) is 11.8 Å². The van der Waals surface area contributed by atoms with Crippen LogP contribution in [0.3, 0.4) is 0 Å². The molecule has 0 bridgehead atoms. The summed E-state index contributed by atoms with van der Waals surface area (Å²) >= 11 is 0. The predicted molar refractivity (Wildman–Crippen MR) is 203 cm³/mol. The first-order valence-corrected chi connectivity index (χ1v) is 19.4. The van der Waals surface area contributed by atoms with Gasteiger partial charge in [0, 0.05) is 32.2 Å². The van der Waals surface area contributed by atoms with Crippen molar-refractivity contribution in [1.82, 2.24) is 9.88 Å². The topological polar surface area (TPSA) is 124 Å². The number of nitrogens with zero attached hydrogens (tertiary/aromatic N) is 4. The molecule has 314 valence electrons. The molecule has 2 atom stereocenters. The lowest BCUT2D eigenvalue weighted by Gasteiger charge is -2.48. The number of benzene rings is 3. The lowest BCUT2D eigenvalue weighted by Crippen LogP contribution is -2.63. The largest absolute Gasteiger partial charge is 0.416 e. The van der Waals surface area contributed by atoms with Crippen molar-refractivity contribution in [3.8, 4) is 11.1 Å². The number of amides is 1. The number of halogens is 7. The molecular formula is C40H43F7N4O6S. The third-order valence-electron chi connectivity index (χ3n) is 10.3. The highest BCUT2D eigenvalue weighted by atomic mass is 32.2. The number of aliphatic hydroxyl groups excluding tert-OH is 1. The van der Waals surface area contributed by atoms with Crippen molar-refractivity contribution in [3.05, 3.63) is 107 Å². The van der Waals surface area contributed by atoms with E-state index in [0.29, 0.717) is 60.9 Å². The number of carbonyl (C=O) groups is 1. The van der Waals surface area contributed by atoms with E-state index in [1.165, 1.54) is 57.4 Å². The van der Waals surface area contributed by atoms with E-state index >= 15 is 0 Å². The van der Waals surface area contributed by atoms with Crippen molar-refractivity contribution < 1.29 is 58.3 Å². The van der Waals surface area contributed by atoms with E-state index in [4.69, 9.17) is 9.29 Å². The van der Waals surface area contributed by atoms with E-state index in [2.05, 4.69) is 9.88 Å². The quantitative estimate of drug-likeness (QED) is 0.146. The molecule has 18 heteroatoms. The third kappa shape index (κ3) is 9.97. The second-order valence-corrected chi connectivity index (χ2v) is 16.2. The number of rotatable bonds is 7. The number of hydrogen-bond acceptors (Lipinski definition) is 8. The molecule has 10 nitrogen and oxygen atoms in total. The molecule has 2 aliphatic heterocycles. The molecule has 0 radical (unpaired) electrons. The standard InChI is InChI=1S/C33H35F7N4O3.C7H8O3S/c1-19-9-23(34)5-6-26(19)27-13-29(44-16-25-18-47-8-7-43(25)15-24(44)17-45)41-14-28(27)42(4)30(46)31(2,3)20-10-21(32(35,36)37)12-22(11-20)33(38,39)40;1-6-2-4-7(5-3-6)11(8,9)10/h5-6,9-14,24-25,45H,7-8,15-18H2,1-4H3;2-5H,1H3,(H,8,9,10)/t24-,25-;/m0./s1. The normalized spacial score (nSPS) is 17.9. The molecule has 6 rings (SSSR count). The van der Waals surface area contributed by atoms with Crippen LogP contribution in [-0.4, -0.2) is 92.5 Å². The molecular weight excluding hydrogens is 798 g/mol. The van der Waals surface area contributed by atoms with Crippen LogP contribution < -0.4 is 9.80 Å². The molecule has 0 saturated carbocycles. The minimum absolute atomic E-state index is 0.0186. The lowest BCUT2D eigenvalue weighted by atomic mass is 9.81. The minimum Gasteiger partial charge on any atom is -0.394 e. The minimum atomic E-state index is -5.09. The number of anilines is 2. The molecule has 0 aliphatic carbocycles. The summed E-state index contributed by atoms with van der Waals surface area (Å²) in [4.78, 5) is 23.9. The van der Waals surface area contributed by atoms with Gasteiger partial charge in [0.05, 0.1) is 65.2 Å². The Hall–Kier alpha value is -4.62. The summed E-state index contributed by atoms with van der Waals surface area (Å²) in [5.74, 6) is -0.835. The Bertz CT molecular complexity index is 2200. The Labute approximate surface area is 331 Å². The SMILES string of the molecule is Cc1cc(F)ccc1-c1cc(N2C[C@H]3COCCN3C[C@H]2CO)ncc1N(C)C(=O)C(C)(C)c1cc(C(F)(F)F)cc(C(F)(F)F)c1.Cc1ccc(S(=O)(=O)O)cc1. The Morgan fingerprint density at radius 3 is 2.05 bits per heavy atom. The summed E-state index contributed by atoms with van der Waals surface area (Å²) in [5, 5.41) is 10.3. The fourth-order valence-corrected chi connectivity index (χ4v) is 7.44. The van der Waals surface area contributed by atoms with E-state index < -0.39 is 56.3 Å². The average Bonchev–Trinajstić information content (AvgIpc) is 3.15. The van der Waals surface area contributed by atoms with Gasteiger partial charge in [-0.05, 0) is 92.9 Å². The van der Waals surface area contributed by atoms with Gasteiger partial charge < -0.3 is 19.6 Å². The molecule has 2 fully saturated rings. The summed E-state index contributed by atoms with van der Waals surface area (Å²) in [7, 11) is -2.66. The van der Waals surface area contributed by atoms with Crippen LogP contribution in [0.2, 0.25) is 0 Å². The van der Waals surface area contributed by atoms with Crippen LogP contribution >= 0.6 is 0 Å². The molecule has 2 saturated heterocycles. The smallest absolute Gasteiger partial charge is 0.394 e. The van der Waals surface area contributed by atoms with Crippen molar-refractivity contribution in [2.75, 3.05) is 56.3 Å². The van der Waals surface area contributed by atoms with Crippen LogP contribution in [0.1, 0.15) is 41.7 Å². The average molecular weight is 841 g/mol. The zero-order valence-electron chi connectivity index (χ0n) is 32.2. The summed E-state index contributed by atoms with van der Waals surface area (Å²) in [6.07, 6.45) is -8.78. The van der Waals surface area contributed by atoms with Crippen molar-refractivity contribution in [3.63, 3.8) is 0 Å². The molecule has 58 heavy (non-hydrogen) atoms. The van der Waals surface area contributed by atoms with E-state index in [0.717, 1.165) is 17.0 Å². The number of likely N-dealkylation sites (N-methyl/N-ethyl adjacent to an activating group) is 1. The van der Waals surface area contributed by atoms with Gasteiger partial charge in [-0.25, -0.2) is 9.37 Å². The van der Waals surface area contributed by atoms with Crippen molar-refractivity contribution in [1.29, 1.82) is 0 Å². The molecule has 3 aromatic carbocycles. The number of ether oxygens (including phenoxy) is 1. The zero-order chi connectivity index (χ0) is 43.0. The molecule has 2 N–H and O–H groups in total. The lowest BCUT2D eigenvalue weighted by molar-refractivity contribution is -0.143. The Kier molecular flexibility index (Phi) is 13.0. The molecule has 0 spiro atoms. The van der Waals surface area contributed by atoms with Gasteiger partial charge in [0.15, 0.2) is 0 Å². The van der Waals surface area contributed by atoms with E-state index in [9.17, 15) is 49.1 Å². The number of alkyl halides is 6. The number of fused-ring (bicyclic) bond motifs is 1. The van der Waals surface area contributed by atoms with Crippen LogP contribution in [0.4, 0.5) is 42.2 Å². The maximum absolute atomic E-state index is 14.2. The van der Waals surface area contributed by atoms with Crippen molar-refractivity contribution in [2.24, 2.45) is 0 Å². The first-order chi connectivity index (χ1) is 26.9. The highest BCUT2D eigenvalue weighted by Gasteiger charge is 2.42. The number of carbonyl (C=O) groups excluding carboxylic acids is 1. The second kappa shape index (κ2) is 16.9. The maximum atomic E-state index is 14.2. The van der Waals surface area contributed by atoms with Gasteiger partial charge in [-0.3, -0.25) is 14.2 Å². The molecule has 0 unspecified atom stereocenters. The summed E-state index contributed by atoms with van der Waals surface area (Å²) in [6.45, 7) is 8.70. The van der Waals surface area contributed by atoms with Gasteiger partial charge in [0.25, 0.3) is 10.1 Å². The van der Waals surface area contributed by atoms with Gasteiger partial charge >= 0.3 is 12.4 Å². The van der Waals surface area contributed by atoms with E-state index in [-0.39, 0.29) is 35.3 Å². The summed E-state index contributed by atoms with van der Waals surface area (Å²) < 4.78 is 131. The molecule has 3 heterocycles. The third-order valence-corrected chi connectivity index (χ3v) is 11.2. The number of piperazine rings is 1. The fourth-order valence-electron chi connectivity index (χ4n) is 6.96. The van der Waals surface area contributed by atoms with Crippen LogP contribution in [0, 0.1) is 19.7 Å².